The Bertz CT molecular complexity index is 828. The molecule has 0 aliphatic carbocycles. The largest absolute Gasteiger partial charge is 0.481 e. The molecule has 158 valence electrons. The van der Waals surface area contributed by atoms with Gasteiger partial charge in [0.15, 0.2) is 23.1 Å². The molecule has 0 saturated carbocycles. The van der Waals surface area contributed by atoms with Gasteiger partial charge in [-0.1, -0.05) is 12.1 Å². The van der Waals surface area contributed by atoms with Crippen molar-refractivity contribution in [2.75, 3.05) is 17.9 Å². The number of aldehydes is 1. The van der Waals surface area contributed by atoms with Crippen LogP contribution < -0.4 is 14.2 Å². The molecule has 0 unspecified atom stereocenters. The van der Waals surface area contributed by atoms with Crippen LogP contribution in [0.3, 0.4) is 0 Å². The Kier molecular flexibility index (Phi) is 8.00. The number of nitrogens with one attached hydrogen (secondary N) is 1. The molecule has 12 heteroatoms. The molecule has 4 nitrogen and oxygen atoms in total. The molecular formula is C17H12F7NO3S. The number of carbonyl (C=O) groups excluding carboxylic acids is 1. The van der Waals surface area contributed by atoms with Crippen LogP contribution in [0, 0.1) is 17.5 Å². The number of ether oxygens (including phenoxy) is 2. The number of rotatable bonds is 10. The van der Waals surface area contributed by atoms with Gasteiger partial charge in [0, 0.05) is 10.5 Å². The van der Waals surface area contributed by atoms with Gasteiger partial charge >= 0.3 is 0 Å². The van der Waals surface area contributed by atoms with Gasteiger partial charge in [-0.05, 0) is 24.1 Å². The van der Waals surface area contributed by atoms with E-state index in [0.29, 0.717) is 23.1 Å². The van der Waals surface area contributed by atoms with Crippen molar-refractivity contribution in [2.24, 2.45) is 0 Å². The van der Waals surface area contributed by atoms with E-state index in [2.05, 4.69) is 14.2 Å². The summed E-state index contributed by atoms with van der Waals surface area (Å²) in [4.78, 5) is 11.1. The second-order valence-electron chi connectivity index (χ2n) is 5.27. The van der Waals surface area contributed by atoms with Crippen molar-refractivity contribution < 1.29 is 45.0 Å². The average molecular weight is 443 g/mol. The Labute approximate surface area is 164 Å². The molecule has 0 aromatic heterocycles. The number of hydrogen-bond acceptors (Lipinski definition) is 5. The highest BCUT2D eigenvalue weighted by Crippen LogP contribution is 2.40. The lowest BCUT2D eigenvalue weighted by molar-refractivity contribution is 0.0714. The second kappa shape index (κ2) is 10.2. The summed E-state index contributed by atoms with van der Waals surface area (Å²) in [5, 5.41) is 0. The van der Waals surface area contributed by atoms with Gasteiger partial charge in [0.25, 0.3) is 12.9 Å². The monoisotopic (exact) mass is 443 g/mol. The molecule has 2 aromatic carbocycles. The molecule has 0 heterocycles. The zero-order valence-corrected chi connectivity index (χ0v) is 15.1. The smallest absolute Gasteiger partial charge is 0.272 e. The first kappa shape index (κ1) is 22.7. The van der Waals surface area contributed by atoms with Crippen molar-refractivity contribution in [3.8, 4) is 11.5 Å². The quantitative estimate of drug-likeness (QED) is 0.306. The summed E-state index contributed by atoms with van der Waals surface area (Å²) in [6.45, 7) is -2.86. The van der Waals surface area contributed by atoms with Gasteiger partial charge in [-0.3, -0.25) is 4.79 Å². The molecule has 0 saturated heterocycles. The fraction of sp³-hybridized carbons (Fsp3) is 0.235. The van der Waals surface area contributed by atoms with Crippen LogP contribution in [0.4, 0.5) is 36.4 Å². The Morgan fingerprint density at radius 3 is 1.97 bits per heavy atom. The third-order valence-electron chi connectivity index (χ3n) is 3.21. The van der Waals surface area contributed by atoms with Crippen LogP contribution in [0.2, 0.25) is 0 Å². The minimum Gasteiger partial charge on any atom is -0.481 e. The van der Waals surface area contributed by atoms with Gasteiger partial charge < -0.3 is 14.2 Å². The summed E-state index contributed by atoms with van der Waals surface area (Å²) >= 11 is 0.585. The standard InChI is InChI=1S/C17H12F7NO3S/c18-10(19)6-27-16-12(22)15(13(23)17(14(16)24)28-7-11(20)21)25-29-9-3-1-2-8(4-9)5-26/h1-5,10-11,25H,6-7H2. The minimum atomic E-state index is -3.11. The van der Waals surface area contributed by atoms with E-state index < -0.39 is 60.7 Å². The SMILES string of the molecule is O=Cc1cccc(SNc2c(F)c(OCC(F)F)c(F)c(OCC(F)F)c2F)c1. The van der Waals surface area contributed by atoms with Gasteiger partial charge in [0.1, 0.15) is 25.2 Å². The van der Waals surface area contributed by atoms with Crippen molar-refractivity contribution in [3.63, 3.8) is 0 Å². The number of hydrogen-bond donors (Lipinski definition) is 1. The summed E-state index contributed by atoms with van der Waals surface area (Å²) in [7, 11) is 0. The van der Waals surface area contributed by atoms with E-state index in [4.69, 9.17) is 0 Å². The summed E-state index contributed by atoms with van der Waals surface area (Å²) in [5.41, 5.74) is -0.819. The number of alkyl halides is 4. The fourth-order valence-corrected chi connectivity index (χ4v) is 2.76. The van der Waals surface area contributed by atoms with E-state index in [1.54, 1.807) is 0 Å². The second-order valence-corrected chi connectivity index (χ2v) is 6.15. The lowest BCUT2D eigenvalue weighted by atomic mass is 10.2. The van der Waals surface area contributed by atoms with Crippen LogP contribution in [0.1, 0.15) is 10.4 Å². The molecule has 0 fully saturated rings. The van der Waals surface area contributed by atoms with Crippen LogP contribution in [-0.4, -0.2) is 32.4 Å². The van der Waals surface area contributed by atoms with E-state index >= 15 is 0 Å². The van der Waals surface area contributed by atoms with Gasteiger partial charge in [-0.2, -0.15) is 4.39 Å². The van der Waals surface area contributed by atoms with E-state index in [-0.39, 0.29) is 5.56 Å². The zero-order valence-electron chi connectivity index (χ0n) is 14.2. The third kappa shape index (κ3) is 5.92. The first-order valence-electron chi connectivity index (χ1n) is 7.75. The summed E-state index contributed by atoms with van der Waals surface area (Å²) in [6, 6.07) is 5.75. The molecule has 0 radical (unpaired) electrons. The highest BCUT2D eigenvalue weighted by Gasteiger charge is 2.29. The van der Waals surface area contributed by atoms with E-state index in [9.17, 15) is 35.5 Å². The molecule has 0 aliphatic rings. The molecule has 29 heavy (non-hydrogen) atoms. The van der Waals surface area contributed by atoms with Gasteiger partial charge in [0.05, 0.1) is 0 Å². The van der Waals surface area contributed by atoms with Crippen LogP contribution in [0.25, 0.3) is 0 Å². The van der Waals surface area contributed by atoms with Gasteiger partial charge in [0.2, 0.25) is 5.82 Å². The number of anilines is 1. The van der Waals surface area contributed by atoms with Crippen molar-refractivity contribution in [1.29, 1.82) is 0 Å². The lowest BCUT2D eigenvalue weighted by Gasteiger charge is -2.17. The first-order chi connectivity index (χ1) is 13.7. The molecule has 0 spiro atoms. The molecule has 2 rings (SSSR count). The van der Waals surface area contributed by atoms with E-state index in [0.717, 1.165) is 0 Å². The van der Waals surface area contributed by atoms with Crippen LogP contribution in [0.15, 0.2) is 29.2 Å². The molecule has 1 N–H and O–H groups in total. The predicted octanol–water partition coefficient (Wildman–Crippen LogP) is 5.32. The number of benzene rings is 2. The van der Waals surface area contributed by atoms with Gasteiger partial charge in [-0.25, -0.2) is 26.3 Å². The molecule has 0 atom stereocenters. The Morgan fingerprint density at radius 1 is 0.931 bits per heavy atom. The Balaban J connectivity index is 2.40. The summed E-state index contributed by atoms with van der Waals surface area (Å²) < 4.78 is 103. The van der Waals surface area contributed by atoms with Crippen molar-refractivity contribution in [1.82, 2.24) is 0 Å². The zero-order chi connectivity index (χ0) is 21.6. The molecule has 0 bridgehead atoms. The Hall–Kier alpha value is -2.63. The van der Waals surface area contributed by atoms with Crippen molar-refractivity contribution in [3.05, 3.63) is 47.3 Å². The van der Waals surface area contributed by atoms with Crippen LogP contribution >= 0.6 is 11.9 Å². The fourth-order valence-electron chi connectivity index (χ4n) is 2.02. The molecule has 0 aliphatic heterocycles. The minimum absolute atomic E-state index is 0.249. The Morgan fingerprint density at radius 2 is 1.48 bits per heavy atom. The molecule has 0 amide bonds. The summed E-state index contributed by atoms with van der Waals surface area (Å²) in [5.74, 6) is -8.12. The summed E-state index contributed by atoms with van der Waals surface area (Å²) in [6.07, 6.45) is -5.70. The first-order valence-corrected chi connectivity index (χ1v) is 8.56. The van der Waals surface area contributed by atoms with E-state index in [1.807, 2.05) is 0 Å². The van der Waals surface area contributed by atoms with Gasteiger partial charge in [-0.15, -0.1) is 0 Å². The molecular weight excluding hydrogens is 431 g/mol. The van der Waals surface area contributed by atoms with Crippen molar-refractivity contribution >= 4 is 23.9 Å². The lowest BCUT2D eigenvalue weighted by Crippen LogP contribution is -2.14. The maximum absolute atomic E-state index is 14.5. The highest BCUT2D eigenvalue weighted by atomic mass is 32.2. The number of carbonyl (C=O) groups is 1. The van der Waals surface area contributed by atoms with E-state index in [1.165, 1.54) is 24.3 Å². The third-order valence-corrected chi connectivity index (χ3v) is 4.00. The maximum atomic E-state index is 14.5. The average Bonchev–Trinajstić information content (AvgIpc) is 2.67. The van der Waals surface area contributed by atoms with Crippen molar-refractivity contribution in [2.45, 2.75) is 17.7 Å². The normalized spacial score (nSPS) is 11.1. The predicted molar refractivity (Wildman–Crippen MR) is 90.6 cm³/mol. The highest BCUT2D eigenvalue weighted by molar-refractivity contribution is 8.00. The topological polar surface area (TPSA) is 47.6 Å². The molecule has 2 aromatic rings. The van der Waals surface area contributed by atoms with Crippen LogP contribution in [-0.2, 0) is 0 Å². The van der Waals surface area contributed by atoms with Crippen LogP contribution in [0.5, 0.6) is 11.5 Å². The number of halogens is 7. The maximum Gasteiger partial charge on any atom is 0.272 e.